The number of methoxy groups -OCH3 is 1. The number of Topliss-reactive ketones (excluding diaryl/α,β-unsaturated/α-hetero) is 1. The monoisotopic (exact) mass is 516 g/mol. The third kappa shape index (κ3) is 2.28. The number of carbonyl (C=O) groups is 3. The smallest absolute Gasteiger partial charge is 0.339 e. The van der Waals surface area contributed by atoms with Crippen molar-refractivity contribution in [2.24, 2.45) is 22.2 Å². The Morgan fingerprint density at radius 1 is 1.14 bits per heavy atom. The highest BCUT2D eigenvalue weighted by molar-refractivity contribution is 6.00. The van der Waals surface area contributed by atoms with E-state index >= 15 is 0 Å². The average molecular weight is 517 g/mol. The molecule has 0 unspecified atom stereocenters. The Morgan fingerprint density at radius 3 is 2.46 bits per heavy atom. The molecule has 2 saturated carbocycles. The van der Waals surface area contributed by atoms with Gasteiger partial charge in [-0.05, 0) is 38.7 Å². The predicted molar refractivity (Wildman–Crippen MR) is 123 cm³/mol. The molecular formula is C27H32O10. The molecule has 0 amide bonds. The normalized spacial score (nSPS) is 51.2. The molecule has 2 N–H and O–H groups in total. The lowest BCUT2D eigenvalue weighted by Gasteiger charge is -2.59. The van der Waals surface area contributed by atoms with Crippen molar-refractivity contribution in [3.8, 4) is 0 Å². The summed E-state index contributed by atoms with van der Waals surface area (Å²) in [7, 11) is 1.23. The second kappa shape index (κ2) is 6.72. The van der Waals surface area contributed by atoms with Gasteiger partial charge in [-0.25, -0.2) is 9.59 Å². The first kappa shape index (κ1) is 24.8. The van der Waals surface area contributed by atoms with Gasteiger partial charge in [-0.3, -0.25) is 4.79 Å². The molecule has 9 atom stereocenters. The van der Waals surface area contributed by atoms with Crippen LogP contribution in [0.3, 0.4) is 0 Å². The fourth-order valence-corrected chi connectivity index (χ4v) is 8.82. The van der Waals surface area contributed by atoms with E-state index in [4.69, 9.17) is 23.4 Å². The SMILES string of the molecule is COC(=O)C=C[C@]1(C)[C@H]2CC[C@@]3(C)[C@H](c4ccoc4)OC(=O)[C@H]4O[C@]43[C@]2(C)[C@]2(O)OC(C)(C)C(=O)[C@@]21O. The summed E-state index contributed by atoms with van der Waals surface area (Å²) in [5.41, 5.74) is -8.55. The van der Waals surface area contributed by atoms with Crippen molar-refractivity contribution in [3.63, 3.8) is 0 Å². The first-order valence-electron chi connectivity index (χ1n) is 12.5. The van der Waals surface area contributed by atoms with Crippen LogP contribution in [0.2, 0.25) is 0 Å². The molecule has 200 valence electrons. The largest absolute Gasteiger partial charge is 0.472 e. The van der Waals surface area contributed by atoms with Crippen LogP contribution in [0.5, 0.6) is 0 Å². The van der Waals surface area contributed by atoms with Gasteiger partial charge in [0.05, 0.1) is 25.1 Å². The number of fused-ring (bicyclic) bond motifs is 3. The molecule has 3 aliphatic heterocycles. The highest BCUT2D eigenvalue weighted by Gasteiger charge is 2.98. The molecule has 1 aromatic heterocycles. The van der Waals surface area contributed by atoms with Gasteiger partial charge in [0.1, 0.15) is 17.3 Å². The third-order valence-electron chi connectivity index (χ3n) is 10.5. The van der Waals surface area contributed by atoms with Crippen molar-refractivity contribution >= 4 is 17.7 Å². The second-order valence-electron chi connectivity index (χ2n) is 12.3. The average Bonchev–Trinajstić information content (AvgIpc) is 3.33. The molecule has 0 bridgehead atoms. The summed E-state index contributed by atoms with van der Waals surface area (Å²) >= 11 is 0. The number of ketones is 1. The van der Waals surface area contributed by atoms with Gasteiger partial charge in [0, 0.05) is 22.5 Å². The van der Waals surface area contributed by atoms with Crippen LogP contribution in [0.4, 0.5) is 0 Å². The highest BCUT2D eigenvalue weighted by atomic mass is 16.7. The van der Waals surface area contributed by atoms with Crippen LogP contribution < -0.4 is 0 Å². The van der Waals surface area contributed by atoms with Crippen LogP contribution in [0.25, 0.3) is 0 Å². The van der Waals surface area contributed by atoms with E-state index in [-0.39, 0.29) is 0 Å². The Hall–Kier alpha value is -2.53. The molecule has 0 radical (unpaired) electrons. The standard InChI is InChI=1S/C27H32O10/c1-21(2)20(30)25(31)22(3,11-8-16(28)33-6)15-7-10-23(4)17(14-9-12-34-13-14)35-19(29)18-26(23,36-18)24(15,5)27(25,32)37-21/h8-9,11-13,15,17-18,31-32H,7,10H2,1-6H3/t15-,17+,18-,22-,23+,24-,25+,26-,27+/m1/s1. The Labute approximate surface area is 213 Å². The fraction of sp³-hybridized carbons (Fsp3) is 0.667. The third-order valence-corrected chi connectivity index (χ3v) is 10.5. The van der Waals surface area contributed by atoms with Crippen LogP contribution in [0.15, 0.2) is 35.2 Å². The number of rotatable bonds is 3. The number of carbonyl (C=O) groups excluding carboxylic acids is 3. The van der Waals surface area contributed by atoms with Crippen LogP contribution in [0.1, 0.15) is 59.1 Å². The fourth-order valence-electron chi connectivity index (χ4n) is 8.82. The van der Waals surface area contributed by atoms with E-state index in [0.717, 1.165) is 6.08 Å². The Kier molecular flexibility index (Phi) is 4.50. The molecule has 10 heteroatoms. The van der Waals surface area contributed by atoms with Gasteiger partial charge in [0.25, 0.3) is 0 Å². The zero-order valence-electron chi connectivity index (χ0n) is 21.7. The first-order chi connectivity index (χ1) is 17.1. The number of hydrogen-bond donors (Lipinski definition) is 2. The lowest BCUT2D eigenvalue weighted by Crippen LogP contribution is -2.70. The lowest BCUT2D eigenvalue weighted by atomic mass is 9.45. The molecule has 6 rings (SSSR count). The summed E-state index contributed by atoms with van der Waals surface area (Å²) in [5.74, 6) is -5.08. The summed E-state index contributed by atoms with van der Waals surface area (Å²) in [6.07, 6.45) is 4.68. The number of furan rings is 1. The van der Waals surface area contributed by atoms with E-state index in [1.807, 2.05) is 6.92 Å². The van der Waals surface area contributed by atoms with Crippen LogP contribution in [-0.2, 0) is 33.3 Å². The molecule has 4 heterocycles. The Balaban J connectivity index is 1.62. The van der Waals surface area contributed by atoms with Gasteiger partial charge in [-0.1, -0.05) is 26.8 Å². The minimum absolute atomic E-state index is 0.403. The van der Waals surface area contributed by atoms with Crippen LogP contribution in [0, 0.1) is 22.2 Å². The van der Waals surface area contributed by atoms with Gasteiger partial charge in [0.2, 0.25) is 11.6 Å². The minimum atomic E-state index is -2.46. The predicted octanol–water partition coefficient (Wildman–Crippen LogP) is 1.98. The highest BCUT2D eigenvalue weighted by Crippen LogP contribution is 2.84. The molecule has 37 heavy (non-hydrogen) atoms. The number of ether oxygens (including phenoxy) is 4. The van der Waals surface area contributed by atoms with Gasteiger partial charge < -0.3 is 33.6 Å². The van der Waals surface area contributed by atoms with E-state index in [1.165, 1.54) is 39.6 Å². The molecule has 10 nitrogen and oxygen atoms in total. The number of aliphatic hydroxyl groups is 2. The second-order valence-corrected chi connectivity index (χ2v) is 12.3. The van der Waals surface area contributed by atoms with Gasteiger partial charge >= 0.3 is 11.9 Å². The molecule has 5 aliphatic rings. The maximum Gasteiger partial charge on any atom is 0.339 e. The van der Waals surface area contributed by atoms with E-state index in [0.29, 0.717) is 18.4 Å². The van der Waals surface area contributed by atoms with E-state index in [1.54, 1.807) is 19.9 Å². The van der Waals surface area contributed by atoms with Gasteiger partial charge in [0.15, 0.2) is 11.7 Å². The molecule has 0 aromatic carbocycles. The minimum Gasteiger partial charge on any atom is -0.472 e. The Bertz CT molecular complexity index is 1250. The maximum atomic E-state index is 13.9. The topological polar surface area (TPSA) is 145 Å². The van der Waals surface area contributed by atoms with E-state index in [2.05, 4.69) is 0 Å². The molecule has 2 aliphatic carbocycles. The molecule has 5 fully saturated rings. The van der Waals surface area contributed by atoms with E-state index in [9.17, 15) is 24.6 Å². The number of cyclic esters (lactones) is 1. The van der Waals surface area contributed by atoms with Crippen LogP contribution in [-0.4, -0.2) is 63.7 Å². The van der Waals surface area contributed by atoms with Crippen molar-refractivity contribution in [2.45, 2.75) is 82.3 Å². The number of epoxide rings is 1. The zero-order chi connectivity index (χ0) is 27.0. The molecule has 1 spiro atoms. The maximum absolute atomic E-state index is 13.9. The van der Waals surface area contributed by atoms with Crippen LogP contribution >= 0.6 is 0 Å². The van der Waals surface area contributed by atoms with Crippen molar-refractivity contribution in [2.75, 3.05) is 7.11 Å². The Morgan fingerprint density at radius 2 is 1.84 bits per heavy atom. The van der Waals surface area contributed by atoms with Crippen molar-refractivity contribution in [1.29, 1.82) is 0 Å². The number of esters is 2. The van der Waals surface area contributed by atoms with Crippen molar-refractivity contribution in [1.82, 2.24) is 0 Å². The zero-order valence-corrected chi connectivity index (χ0v) is 21.7. The van der Waals surface area contributed by atoms with Gasteiger partial charge in [-0.15, -0.1) is 0 Å². The number of hydrogen-bond acceptors (Lipinski definition) is 10. The summed E-state index contributed by atoms with van der Waals surface area (Å²) in [6, 6.07) is 1.72. The summed E-state index contributed by atoms with van der Waals surface area (Å²) in [5, 5.41) is 25.0. The van der Waals surface area contributed by atoms with Crippen molar-refractivity contribution < 1.29 is 48.0 Å². The summed E-state index contributed by atoms with van der Waals surface area (Å²) in [6.45, 7) is 8.27. The first-order valence-corrected chi connectivity index (χ1v) is 12.5. The quantitative estimate of drug-likeness (QED) is 0.347. The van der Waals surface area contributed by atoms with Crippen molar-refractivity contribution in [3.05, 3.63) is 36.3 Å². The summed E-state index contributed by atoms with van der Waals surface area (Å²) in [4.78, 5) is 39.3. The molecular weight excluding hydrogens is 484 g/mol. The molecule has 3 saturated heterocycles. The lowest BCUT2D eigenvalue weighted by molar-refractivity contribution is -0.340. The van der Waals surface area contributed by atoms with E-state index < -0.39 is 74.7 Å². The van der Waals surface area contributed by atoms with Gasteiger partial charge in [-0.2, -0.15) is 0 Å². The molecule has 1 aromatic rings. The summed E-state index contributed by atoms with van der Waals surface area (Å²) < 4.78 is 28.4.